The van der Waals surface area contributed by atoms with E-state index in [1.165, 1.54) is 0 Å². The van der Waals surface area contributed by atoms with Crippen molar-refractivity contribution in [3.8, 4) is 0 Å². The van der Waals surface area contributed by atoms with Gasteiger partial charge in [0, 0.05) is 6.42 Å². The zero-order valence-electron chi connectivity index (χ0n) is 5.78. The van der Waals surface area contributed by atoms with Gasteiger partial charge in [-0.05, 0) is 11.8 Å². The van der Waals surface area contributed by atoms with Gasteiger partial charge in [0.05, 0.1) is 3.92 Å². The second-order valence-corrected chi connectivity index (χ2v) is 4.56. The molecule has 0 aromatic heterocycles. The Bertz CT molecular complexity index is 140. The maximum atomic E-state index is 11.0. The van der Waals surface area contributed by atoms with Crippen LogP contribution in [0.25, 0.3) is 0 Å². The van der Waals surface area contributed by atoms with Gasteiger partial charge >= 0.3 is 0 Å². The lowest BCUT2D eigenvalue weighted by Gasteiger charge is -2.19. The average Bonchev–Trinajstić information content (AvgIpc) is 1.97. The number of carbonyl (C=O) groups is 1. The van der Waals surface area contributed by atoms with Gasteiger partial charge in [-0.15, -0.1) is 0 Å². The number of alkyl halides is 1. The minimum absolute atomic E-state index is 0.259. The molecule has 0 aromatic carbocycles. The highest BCUT2D eigenvalue weighted by Crippen LogP contribution is 2.39. The monoisotopic (exact) mass is 238 g/mol. The Hall–Kier alpha value is 0.400. The van der Waals surface area contributed by atoms with Gasteiger partial charge in [-0.1, -0.05) is 36.4 Å². The number of ketones is 1. The third kappa shape index (κ3) is 1.28. The van der Waals surface area contributed by atoms with Gasteiger partial charge in [0.2, 0.25) is 0 Å². The first kappa shape index (κ1) is 7.51. The van der Waals surface area contributed by atoms with Crippen LogP contribution >= 0.6 is 22.6 Å². The number of hydrogen-bond donors (Lipinski definition) is 0. The lowest BCUT2D eigenvalue weighted by molar-refractivity contribution is -0.117. The van der Waals surface area contributed by atoms with Crippen molar-refractivity contribution >= 4 is 28.4 Å². The van der Waals surface area contributed by atoms with Crippen LogP contribution in [0.15, 0.2) is 0 Å². The second-order valence-electron chi connectivity index (χ2n) is 3.32. The molecule has 1 unspecified atom stereocenters. The van der Waals surface area contributed by atoms with Crippen LogP contribution in [0.3, 0.4) is 0 Å². The summed E-state index contributed by atoms with van der Waals surface area (Å²) in [6.45, 7) is 4.32. The zero-order valence-corrected chi connectivity index (χ0v) is 7.94. The normalized spacial score (nSPS) is 33.2. The summed E-state index contributed by atoms with van der Waals surface area (Å²) in [7, 11) is 0. The summed E-state index contributed by atoms with van der Waals surface area (Å²) in [6, 6.07) is 0. The summed E-state index contributed by atoms with van der Waals surface area (Å²) in [6.07, 6.45) is 1.86. The quantitative estimate of drug-likeness (QED) is 0.467. The SMILES string of the molecule is CC1(C)CCC(=O)C1I. The highest BCUT2D eigenvalue weighted by atomic mass is 127. The molecule has 0 saturated heterocycles. The van der Waals surface area contributed by atoms with E-state index in [-0.39, 0.29) is 9.34 Å². The van der Waals surface area contributed by atoms with Crippen LogP contribution in [-0.4, -0.2) is 9.71 Å². The molecule has 1 rings (SSSR count). The van der Waals surface area contributed by atoms with Gasteiger partial charge in [-0.3, -0.25) is 4.79 Å². The number of rotatable bonds is 0. The van der Waals surface area contributed by atoms with Gasteiger partial charge in [0.15, 0.2) is 0 Å². The Labute approximate surface area is 69.3 Å². The molecule has 0 spiro atoms. The molecule has 0 aliphatic heterocycles. The van der Waals surface area contributed by atoms with Crippen molar-refractivity contribution in [2.45, 2.75) is 30.6 Å². The molecule has 0 N–H and O–H groups in total. The molecular formula is C7H11IO. The van der Waals surface area contributed by atoms with Crippen molar-refractivity contribution in [1.82, 2.24) is 0 Å². The number of hydrogen-bond acceptors (Lipinski definition) is 1. The molecule has 1 nitrogen and oxygen atoms in total. The fourth-order valence-corrected chi connectivity index (χ4v) is 1.76. The maximum absolute atomic E-state index is 11.0. The molecule has 2 heteroatoms. The summed E-state index contributed by atoms with van der Waals surface area (Å²) in [5, 5.41) is 0. The van der Waals surface area contributed by atoms with Crippen LogP contribution < -0.4 is 0 Å². The first-order valence-electron chi connectivity index (χ1n) is 3.21. The molecule has 0 heterocycles. The van der Waals surface area contributed by atoms with Gasteiger partial charge in [0.1, 0.15) is 5.78 Å². The Balaban J connectivity index is 2.73. The Morgan fingerprint density at radius 1 is 1.67 bits per heavy atom. The smallest absolute Gasteiger partial charge is 0.146 e. The minimum atomic E-state index is 0.259. The third-order valence-corrected chi connectivity index (χ3v) is 4.37. The van der Waals surface area contributed by atoms with Crippen molar-refractivity contribution < 1.29 is 4.79 Å². The predicted octanol–water partition coefficient (Wildman–Crippen LogP) is 2.18. The van der Waals surface area contributed by atoms with E-state index in [1.807, 2.05) is 0 Å². The molecule has 0 bridgehead atoms. The van der Waals surface area contributed by atoms with Crippen LogP contribution in [0.4, 0.5) is 0 Å². The van der Waals surface area contributed by atoms with E-state index >= 15 is 0 Å². The molecule has 0 amide bonds. The highest BCUT2D eigenvalue weighted by molar-refractivity contribution is 14.1. The standard InChI is InChI=1S/C7H11IO/c1-7(2)4-3-5(9)6(7)8/h6H,3-4H2,1-2H3. The lowest BCUT2D eigenvalue weighted by Crippen LogP contribution is -2.21. The molecule has 1 aliphatic carbocycles. The fraction of sp³-hybridized carbons (Fsp3) is 0.857. The highest BCUT2D eigenvalue weighted by Gasteiger charge is 2.38. The van der Waals surface area contributed by atoms with Crippen LogP contribution in [-0.2, 0) is 4.79 Å². The molecular weight excluding hydrogens is 227 g/mol. The lowest BCUT2D eigenvalue weighted by atomic mass is 9.92. The Kier molecular flexibility index (Phi) is 1.85. The van der Waals surface area contributed by atoms with Crippen molar-refractivity contribution in [2.75, 3.05) is 0 Å². The van der Waals surface area contributed by atoms with Crippen LogP contribution in [0.2, 0.25) is 0 Å². The number of Topliss-reactive ketones (excluding diaryl/α,β-unsaturated/α-hetero) is 1. The van der Waals surface area contributed by atoms with Gasteiger partial charge in [-0.25, -0.2) is 0 Å². The molecule has 1 fully saturated rings. The molecule has 1 saturated carbocycles. The maximum Gasteiger partial charge on any atom is 0.146 e. The van der Waals surface area contributed by atoms with Crippen LogP contribution in [0.5, 0.6) is 0 Å². The fourth-order valence-electron chi connectivity index (χ4n) is 1.13. The molecule has 0 aromatic rings. The van der Waals surface area contributed by atoms with Crippen molar-refractivity contribution in [2.24, 2.45) is 5.41 Å². The van der Waals surface area contributed by atoms with E-state index in [2.05, 4.69) is 36.4 Å². The summed E-state index contributed by atoms with van der Waals surface area (Å²) in [5.41, 5.74) is 0.262. The van der Waals surface area contributed by atoms with E-state index in [4.69, 9.17) is 0 Å². The molecule has 0 radical (unpaired) electrons. The summed E-state index contributed by atoms with van der Waals surface area (Å²) in [4.78, 5) is 11.0. The van der Waals surface area contributed by atoms with E-state index < -0.39 is 0 Å². The third-order valence-electron chi connectivity index (χ3n) is 1.98. The summed E-state index contributed by atoms with van der Waals surface area (Å²) in [5.74, 6) is 0.431. The first-order valence-corrected chi connectivity index (χ1v) is 4.45. The van der Waals surface area contributed by atoms with Crippen LogP contribution in [0, 0.1) is 5.41 Å². The van der Waals surface area contributed by atoms with Crippen molar-refractivity contribution in [1.29, 1.82) is 0 Å². The molecule has 9 heavy (non-hydrogen) atoms. The van der Waals surface area contributed by atoms with E-state index in [1.54, 1.807) is 0 Å². The zero-order chi connectivity index (χ0) is 7.07. The van der Waals surface area contributed by atoms with Crippen LogP contribution in [0.1, 0.15) is 26.7 Å². The summed E-state index contributed by atoms with van der Waals surface area (Å²) >= 11 is 2.25. The van der Waals surface area contributed by atoms with Gasteiger partial charge in [0.25, 0.3) is 0 Å². The first-order chi connectivity index (χ1) is 4.04. The molecule has 52 valence electrons. The summed E-state index contributed by atoms with van der Waals surface area (Å²) < 4.78 is 0.259. The predicted molar refractivity (Wildman–Crippen MR) is 45.8 cm³/mol. The Morgan fingerprint density at radius 2 is 2.22 bits per heavy atom. The number of halogens is 1. The van der Waals surface area contributed by atoms with Crippen molar-refractivity contribution in [3.05, 3.63) is 0 Å². The van der Waals surface area contributed by atoms with Gasteiger partial charge < -0.3 is 0 Å². The largest absolute Gasteiger partial charge is 0.299 e. The average molecular weight is 238 g/mol. The minimum Gasteiger partial charge on any atom is -0.299 e. The molecule has 1 aliphatic rings. The van der Waals surface area contributed by atoms with Gasteiger partial charge in [-0.2, -0.15) is 0 Å². The van der Waals surface area contributed by atoms with E-state index in [0.29, 0.717) is 5.78 Å². The Morgan fingerprint density at radius 3 is 2.33 bits per heavy atom. The number of carbonyl (C=O) groups excluding carboxylic acids is 1. The second kappa shape index (κ2) is 2.22. The molecule has 1 atom stereocenters. The van der Waals surface area contributed by atoms with Crippen molar-refractivity contribution in [3.63, 3.8) is 0 Å². The van der Waals surface area contributed by atoms with E-state index in [0.717, 1.165) is 12.8 Å². The topological polar surface area (TPSA) is 17.1 Å². The van der Waals surface area contributed by atoms with E-state index in [9.17, 15) is 4.79 Å².